The molecule has 4 rings (SSSR count). The number of methoxy groups -OCH3 is 1. The number of pyridine rings is 1. The second-order valence-electron chi connectivity index (χ2n) is 6.11. The second-order valence-corrected chi connectivity index (χ2v) is 6.11. The summed E-state index contributed by atoms with van der Waals surface area (Å²) in [4.78, 5) is 29.2. The van der Waals surface area contributed by atoms with E-state index in [1.165, 1.54) is 25.4 Å². The molecule has 8 heteroatoms. The number of para-hydroxylation sites is 2. The van der Waals surface area contributed by atoms with Crippen LogP contribution in [0.1, 0.15) is 20.8 Å². The van der Waals surface area contributed by atoms with Gasteiger partial charge in [0.1, 0.15) is 11.4 Å². The summed E-state index contributed by atoms with van der Waals surface area (Å²) in [6.07, 6.45) is 1.41. The Hall–Kier alpha value is -4.07. The van der Waals surface area contributed by atoms with Crippen LogP contribution in [0.5, 0.6) is 17.2 Å². The maximum Gasteiger partial charge on any atom is 0.274 e. The van der Waals surface area contributed by atoms with Gasteiger partial charge in [0.2, 0.25) is 6.79 Å². The van der Waals surface area contributed by atoms with E-state index in [9.17, 15) is 9.59 Å². The average molecular weight is 391 g/mol. The fourth-order valence-corrected chi connectivity index (χ4v) is 2.81. The third kappa shape index (κ3) is 3.96. The Morgan fingerprint density at radius 3 is 2.66 bits per heavy atom. The number of carbonyl (C=O) groups excluding carboxylic acids is 2. The summed E-state index contributed by atoms with van der Waals surface area (Å²) in [5.74, 6) is 0.888. The maximum absolute atomic E-state index is 12.6. The fraction of sp³-hybridized carbons (Fsp3) is 0.0952. The monoisotopic (exact) mass is 391 g/mol. The number of nitrogens with zero attached hydrogens (tertiary/aromatic N) is 1. The van der Waals surface area contributed by atoms with Crippen LogP contribution in [0.15, 0.2) is 60.8 Å². The first-order valence-electron chi connectivity index (χ1n) is 8.75. The molecule has 2 amide bonds. The molecule has 0 saturated heterocycles. The normalized spacial score (nSPS) is 11.6. The molecule has 2 aromatic carbocycles. The van der Waals surface area contributed by atoms with Crippen molar-refractivity contribution in [2.75, 3.05) is 24.5 Å². The minimum Gasteiger partial charge on any atom is -0.495 e. The van der Waals surface area contributed by atoms with Gasteiger partial charge in [0.05, 0.1) is 12.8 Å². The molecule has 2 heterocycles. The Labute approximate surface area is 166 Å². The SMILES string of the molecule is COc1ccccc1NC(=O)c1cc(C(=O)Nc2ccc3c(c2)OCO3)ccn1. The van der Waals surface area contributed by atoms with Gasteiger partial charge < -0.3 is 24.8 Å². The summed E-state index contributed by atoms with van der Waals surface area (Å²) in [6, 6.07) is 15.1. The first-order valence-corrected chi connectivity index (χ1v) is 8.75. The minimum atomic E-state index is -0.452. The number of carbonyl (C=O) groups is 2. The molecule has 2 N–H and O–H groups in total. The molecule has 0 saturated carbocycles. The smallest absolute Gasteiger partial charge is 0.274 e. The molecule has 8 nitrogen and oxygen atoms in total. The van der Waals surface area contributed by atoms with Gasteiger partial charge in [-0.05, 0) is 36.4 Å². The van der Waals surface area contributed by atoms with Crippen molar-refractivity contribution >= 4 is 23.2 Å². The molecule has 0 aliphatic carbocycles. The molecular formula is C21H17N3O5. The zero-order valence-corrected chi connectivity index (χ0v) is 15.5. The molecule has 0 atom stereocenters. The fourth-order valence-electron chi connectivity index (χ4n) is 2.81. The van der Waals surface area contributed by atoms with E-state index in [2.05, 4.69) is 15.6 Å². The Morgan fingerprint density at radius 1 is 0.966 bits per heavy atom. The molecule has 0 radical (unpaired) electrons. The quantitative estimate of drug-likeness (QED) is 0.692. The molecule has 0 bridgehead atoms. The molecule has 146 valence electrons. The van der Waals surface area contributed by atoms with E-state index < -0.39 is 5.91 Å². The standard InChI is InChI=1S/C21H17N3O5/c1-27-17-5-3-2-4-15(17)24-21(26)16-10-13(8-9-22-16)20(25)23-14-6-7-18-19(11-14)29-12-28-18/h2-11H,12H2,1H3,(H,23,25)(H,24,26). The minimum absolute atomic E-state index is 0.106. The predicted molar refractivity (Wildman–Crippen MR) is 106 cm³/mol. The highest BCUT2D eigenvalue weighted by molar-refractivity contribution is 6.08. The summed E-state index contributed by atoms with van der Waals surface area (Å²) in [5, 5.41) is 5.50. The maximum atomic E-state index is 12.6. The van der Waals surface area contributed by atoms with Gasteiger partial charge in [-0.15, -0.1) is 0 Å². The van der Waals surface area contributed by atoms with Crippen LogP contribution in [0.2, 0.25) is 0 Å². The van der Waals surface area contributed by atoms with Gasteiger partial charge in [-0.3, -0.25) is 14.6 Å². The van der Waals surface area contributed by atoms with Gasteiger partial charge in [0, 0.05) is 23.5 Å². The van der Waals surface area contributed by atoms with Crippen molar-refractivity contribution in [3.05, 3.63) is 72.1 Å². The van der Waals surface area contributed by atoms with E-state index >= 15 is 0 Å². The summed E-state index contributed by atoms with van der Waals surface area (Å²) in [6.45, 7) is 0.155. The van der Waals surface area contributed by atoms with Crippen molar-refractivity contribution in [1.29, 1.82) is 0 Å². The molecule has 29 heavy (non-hydrogen) atoms. The van der Waals surface area contributed by atoms with Crippen LogP contribution < -0.4 is 24.8 Å². The van der Waals surface area contributed by atoms with Crippen molar-refractivity contribution in [2.45, 2.75) is 0 Å². The van der Waals surface area contributed by atoms with Gasteiger partial charge in [-0.2, -0.15) is 0 Å². The lowest BCUT2D eigenvalue weighted by atomic mass is 10.2. The zero-order valence-electron chi connectivity index (χ0n) is 15.5. The molecule has 3 aromatic rings. The van der Waals surface area contributed by atoms with Gasteiger partial charge in [-0.1, -0.05) is 12.1 Å². The topological polar surface area (TPSA) is 98.8 Å². The zero-order chi connectivity index (χ0) is 20.2. The van der Waals surface area contributed by atoms with Gasteiger partial charge in [0.15, 0.2) is 11.5 Å². The molecule has 0 spiro atoms. The molecule has 1 aromatic heterocycles. The summed E-state index contributed by atoms with van der Waals surface area (Å²) < 4.78 is 15.8. The Bertz CT molecular complexity index is 1080. The lowest BCUT2D eigenvalue weighted by molar-refractivity contribution is 0.102. The van der Waals surface area contributed by atoms with Crippen LogP contribution in [-0.2, 0) is 0 Å². The number of amides is 2. The largest absolute Gasteiger partial charge is 0.495 e. The van der Waals surface area contributed by atoms with E-state index in [-0.39, 0.29) is 18.4 Å². The number of hydrogen-bond acceptors (Lipinski definition) is 6. The van der Waals surface area contributed by atoms with Gasteiger partial charge in [0.25, 0.3) is 11.8 Å². The molecule has 0 unspecified atom stereocenters. The number of hydrogen-bond donors (Lipinski definition) is 2. The highest BCUT2D eigenvalue weighted by Gasteiger charge is 2.16. The average Bonchev–Trinajstić information content (AvgIpc) is 3.22. The number of aromatic nitrogens is 1. The number of fused-ring (bicyclic) bond motifs is 1. The van der Waals surface area contributed by atoms with Crippen LogP contribution in [0, 0.1) is 0 Å². The van der Waals surface area contributed by atoms with Crippen LogP contribution in [0.25, 0.3) is 0 Å². The van der Waals surface area contributed by atoms with Crippen molar-refractivity contribution in [3.8, 4) is 17.2 Å². The van der Waals surface area contributed by atoms with Gasteiger partial charge >= 0.3 is 0 Å². The summed E-state index contributed by atoms with van der Waals surface area (Å²) in [5.41, 5.74) is 1.46. The predicted octanol–water partition coefficient (Wildman–Crippen LogP) is 3.32. The number of benzene rings is 2. The Kier molecular flexibility index (Phi) is 4.98. The number of nitrogens with one attached hydrogen (secondary N) is 2. The summed E-state index contributed by atoms with van der Waals surface area (Å²) in [7, 11) is 1.52. The van der Waals surface area contributed by atoms with E-state index in [0.29, 0.717) is 34.2 Å². The Balaban J connectivity index is 1.49. The lowest BCUT2D eigenvalue weighted by Gasteiger charge is -2.10. The van der Waals surface area contributed by atoms with Gasteiger partial charge in [-0.25, -0.2) is 0 Å². The van der Waals surface area contributed by atoms with E-state index in [1.807, 2.05) is 0 Å². The van der Waals surface area contributed by atoms with Crippen LogP contribution >= 0.6 is 0 Å². The van der Waals surface area contributed by atoms with E-state index in [0.717, 1.165) is 0 Å². The van der Waals surface area contributed by atoms with Crippen molar-refractivity contribution < 1.29 is 23.8 Å². The highest BCUT2D eigenvalue weighted by atomic mass is 16.7. The van der Waals surface area contributed by atoms with Crippen LogP contribution in [0.3, 0.4) is 0 Å². The van der Waals surface area contributed by atoms with Crippen LogP contribution in [0.4, 0.5) is 11.4 Å². The summed E-state index contributed by atoms with van der Waals surface area (Å²) >= 11 is 0. The lowest BCUT2D eigenvalue weighted by Crippen LogP contribution is -2.17. The van der Waals surface area contributed by atoms with E-state index in [1.54, 1.807) is 42.5 Å². The third-order valence-corrected chi connectivity index (χ3v) is 4.24. The highest BCUT2D eigenvalue weighted by Crippen LogP contribution is 2.34. The first-order chi connectivity index (χ1) is 14.1. The second kappa shape index (κ2) is 7.89. The third-order valence-electron chi connectivity index (χ3n) is 4.24. The molecular weight excluding hydrogens is 374 g/mol. The van der Waals surface area contributed by atoms with Crippen molar-refractivity contribution in [1.82, 2.24) is 4.98 Å². The van der Waals surface area contributed by atoms with Crippen molar-refractivity contribution in [3.63, 3.8) is 0 Å². The first kappa shape index (κ1) is 18.3. The number of rotatable bonds is 5. The van der Waals surface area contributed by atoms with Crippen LogP contribution in [-0.4, -0.2) is 30.7 Å². The van der Waals surface area contributed by atoms with E-state index in [4.69, 9.17) is 14.2 Å². The number of ether oxygens (including phenoxy) is 3. The molecule has 1 aliphatic heterocycles. The van der Waals surface area contributed by atoms with Crippen molar-refractivity contribution in [2.24, 2.45) is 0 Å². The number of anilines is 2. The Morgan fingerprint density at radius 2 is 1.79 bits per heavy atom. The molecule has 1 aliphatic rings. The molecule has 0 fully saturated rings.